The van der Waals surface area contributed by atoms with Gasteiger partial charge in [0.05, 0.1) is 5.75 Å². The Morgan fingerprint density at radius 2 is 1.95 bits per heavy atom. The fourth-order valence-corrected chi connectivity index (χ4v) is 3.10. The highest BCUT2D eigenvalue weighted by Gasteiger charge is 2.21. The topological polar surface area (TPSA) is 32.3 Å². The molecule has 0 aromatic heterocycles. The number of carbonyl (C=O) groups excluding carboxylic acids is 1. The van der Waals surface area contributed by atoms with E-state index in [0.29, 0.717) is 11.8 Å². The van der Waals surface area contributed by atoms with E-state index in [1.807, 2.05) is 11.9 Å². The molecule has 2 rings (SSSR count). The zero-order valence-electron chi connectivity index (χ0n) is 11.7. The Labute approximate surface area is 119 Å². The van der Waals surface area contributed by atoms with Gasteiger partial charge < -0.3 is 10.2 Å². The Bertz CT molecular complexity index is 413. The molecule has 4 heteroatoms. The molecule has 0 bridgehead atoms. The Balaban J connectivity index is 1.81. The van der Waals surface area contributed by atoms with E-state index in [0.717, 1.165) is 30.8 Å². The fraction of sp³-hybridized carbons (Fsp3) is 0.533. The molecule has 0 aliphatic carbocycles. The monoisotopic (exact) mass is 278 g/mol. The maximum Gasteiger partial charge on any atom is 0.232 e. The molecule has 0 spiro atoms. The van der Waals surface area contributed by atoms with E-state index in [1.54, 1.807) is 11.8 Å². The molecule has 0 unspecified atom stereocenters. The molecule has 0 radical (unpaired) electrons. The molecule has 0 atom stereocenters. The first kappa shape index (κ1) is 14.4. The maximum atomic E-state index is 12.2. The Kier molecular flexibility index (Phi) is 5.28. The van der Waals surface area contributed by atoms with E-state index in [2.05, 4.69) is 36.5 Å². The van der Waals surface area contributed by atoms with Crippen LogP contribution in [0.25, 0.3) is 0 Å². The van der Waals surface area contributed by atoms with Gasteiger partial charge >= 0.3 is 0 Å². The average molecular weight is 278 g/mol. The van der Waals surface area contributed by atoms with Gasteiger partial charge in [-0.05, 0) is 45.0 Å². The third-order valence-corrected chi connectivity index (χ3v) is 4.63. The minimum atomic E-state index is 0.234. The minimum absolute atomic E-state index is 0.234. The summed E-state index contributed by atoms with van der Waals surface area (Å²) in [6.45, 7) is 4.12. The molecule has 3 nitrogen and oxygen atoms in total. The molecule has 1 amide bonds. The second-order valence-electron chi connectivity index (χ2n) is 5.09. The number of nitrogens with one attached hydrogen (secondary N) is 1. The second-order valence-corrected chi connectivity index (χ2v) is 6.14. The van der Waals surface area contributed by atoms with Crippen LogP contribution >= 0.6 is 11.8 Å². The lowest BCUT2D eigenvalue weighted by atomic mass is 10.1. The van der Waals surface area contributed by atoms with Crippen LogP contribution in [0.2, 0.25) is 0 Å². The van der Waals surface area contributed by atoms with E-state index in [9.17, 15) is 4.79 Å². The number of aryl methyl sites for hydroxylation is 1. The molecule has 1 heterocycles. The number of piperidine rings is 1. The first-order chi connectivity index (χ1) is 9.16. The predicted molar refractivity (Wildman–Crippen MR) is 80.6 cm³/mol. The van der Waals surface area contributed by atoms with E-state index in [1.165, 1.54) is 5.56 Å². The molecule has 1 aliphatic heterocycles. The normalized spacial score (nSPS) is 16.3. The first-order valence-electron chi connectivity index (χ1n) is 6.82. The van der Waals surface area contributed by atoms with Crippen LogP contribution in [-0.2, 0) is 4.79 Å². The van der Waals surface area contributed by atoms with Crippen LogP contribution in [0.4, 0.5) is 0 Å². The van der Waals surface area contributed by atoms with Crippen molar-refractivity contribution in [3.05, 3.63) is 29.8 Å². The number of rotatable bonds is 4. The lowest BCUT2D eigenvalue weighted by Gasteiger charge is -2.31. The van der Waals surface area contributed by atoms with Crippen molar-refractivity contribution in [1.29, 1.82) is 0 Å². The lowest BCUT2D eigenvalue weighted by molar-refractivity contribution is -0.129. The second kappa shape index (κ2) is 6.96. The molecular weight excluding hydrogens is 256 g/mol. The predicted octanol–water partition coefficient (Wildman–Crippen LogP) is 2.30. The SMILES string of the molecule is Cc1ccc(SCC(=O)N(C)C2CCNCC2)cc1. The van der Waals surface area contributed by atoms with Gasteiger partial charge in [0.1, 0.15) is 0 Å². The van der Waals surface area contributed by atoms with E-state index in [4.69, 9.17) is 0 Å². The summed E-state index contributed by atoms with van der Waals surface area (Å²) in [6, 6.07) is 8.75. The van der Waals surface area contributed by atoms with Crippen LogP contribution < -0.4 is 5.32 Å². The van der Waals surface area contributed by atoms with Crippen LogP contribution in [0, 0.1) is 6.92 Å². The molecule has 19 heavy (non-hydrogen) atoms. The third-order valence-electron chi connectivity index (χ3n) is 3.63. The summed E-state index contributed by atoms with van der Waals surface area (Å²) in [7, 11) is 1.94. The number of amides is 1. The summed E-state index contributed by atoms with van der Waals surface area (Å²) >= 11 is 1.62. The molecule has 1 saturated heterocycles. The first-order valence-corrected chi connectivity index (χ1v) is 7.81. The number of carbonyl (C=O) groups is 1. The van der Waals surface area contributed by atoms with Crippen molar-refractivity contribution in [1.82, 2.24) is 10.2 Å². The fourth-order valence-electron chi connectivity index (χ4n) is 2.28. The van der Waals surface area contributed by atoms with Crippen molar-refractivity contribution in [2.45, 2.75) is 30.7 Å². The van der Waals surface area contributed by atoms with Crippen LogP contribution in [0.5, 0.6) is 0 Å². The molecule has 1 fully saturated rings. The van der Waals surface area contributed by atoms with Crippen molar-refractivity contribution in [2.75, 3.05) is 25.9 Å². The zero-order chi connectivity index (χ0) is 13.7. The third kappa shape index (κ3) is 4.25. The van der Waals surface area contributed by atoms with Gasteiger partial charge in [0.25, 0.3) is 0 Å². The molecule has 1 aromatic rings. The summed E-state index contributed by atoms with van der Waals surface area (Å²) in [5, 5.41) is 3.33. The number of hydrogen-bond acceptors (Lipinski definition) is 3. The van der Waals surface area contributed by atoms with E-state index >= 15 is 0 Å². The van der Waals surface area contributed by atoms with Crippen molar-refractivity contribution in [3.63, 3.8) is 0 Å². The van der Waals surface area contributed by atoms with Gasteiger partial charge in [-0.15, -0.1) is 11.8 Å². The molecule has 104 valence electrons. The molecule has 1 N–H and O–H groups in total. The molecule has 0 saturated carbocycles. The lowest BCUT2D eigenvalue weighted by Crippen LogP contribution is -2.44. The minimum Gasteiger partial charge on any atom is -0.342 e. The van der Waals surface area contributed by atoms with Crippen molar-refractivity contribution in [2.24, 2.45) is 0 Å². The summed E-state index contributed by atoms with van der Waals surface area (Å²) in [5.41, 5.74) is 1.25. The van der Waals surface area contributed by atoms with E-state index < -0.39 is 0 Å². The van der Waals surface area contributed by atoms with Crippen molar-refractivity contribution >= 4 is 17.7 Å². The summed E-state index contributed by atoms with van der Waals surface area (Å²) in [4.78, 5) is 15.3. The van der Waals surface area contributed by atoms with Gasteiger partial charge in [0, 0.05) is 18.0 Å². The summed E-state index contributed by atoms with van der Waals surface area (Å²) in [5.74, 6) is 0.765. The van der Waals surface area contributed by atoms with Crippen LogP contribution in [0.3, 0.4) is 0 Å². The van der Waals surface area contributed by atoms with Gasteiger partial charge in [-0.25, -0.2) is 0 Å². The van der Waals surface area contributed by atoms with Gasteiger partial charge in [-0.2, -0.15) is 0 Å². The highest BCUT2D eigenvalue weighted by Crippen LogP contribution is 2.19. The number of hydrogen-bond donors (Lipinski definition) is 1. The van der Waals surface area contributed by atoms with Gasteiger partial charge in [-0.3, -0.25) is 4.79 Å². The van der Waals surface area contributed by atoms with Crippen molar-refractivity contribution in [3.8, 4) is 0 Å². The van der Waals surface area contributed by atoms with Gasteiger partial charge in [-0.1, -0.05) is 17.7 Å². The molecular formula is C15H22N2OS. The Morgan fingerprint density at radius 3 is 2.58 bits per heavy atom. The highest BCUT2D eigenvalue weighted by atomic mass is 32.2. The largest absolute Gasteiger partial charge is 0.342 e. The van der Waals surface area contributed by atoms with Gasteiger partial charge in [0.15, 0.2) is 0 Å². The maximum absolute atomic E-state index is 12.2. The number of nitrogens with zero attached hydrogens (tertiary/aromatic N) is 1. The number of benzene rings is 1. The van der Waals surface area contributed by atoms with Crippen LogP contribution in [0.1, 0.15) is 18.4 Å². The quantitative estimate of drug-likeness (QED) is 0.858. The Hall–Kier alpha value is -1.00. The summed E-state index contributed by atoms with van der Waals surface area (Å²) in [6.07, 6.45) is 2.13. The summed E-state index contributed by atoms with van der Waals surface area (Å²) < 4.78 is 0. The van der Waals surface area contributed by atoms with Crippen LogP contribution in [-0.4, -0.2) is 42.7 Å². The zero-order valence-corrected chi connectivity index (χ0v) is 12.5. The highest BCUT2D eigenvalue weighted by molar-refractivity contribution is 8.00. The Morgan fingerprint density at radius 1 is 1.32 bits per heavy atom. The van der Waals surface area contributed by atoms with Crippen molar-refractivity contribution < 1.29 is 4.79 Å². The number of thioether (sulfide) groups is 1. The molecule has 1 aromatic carbocycles. The van der Waals surface area contributed by atoms with Gasteiger partial charge in [0.2, 0.25) is 5.91 Å². The molecule has 1 aliphatic rings. The van der Waals surface area contributed by atoms with Crippen LogP contribution in [0.15, 0.2) is 29.2 Å². The van der Waals surface area contributed by atoms with E-state index in [-0.39, 0.29) is 5.91 Å². The standard InChI is InChI=1S/C15H22N2OS/c1-12-3-5-14(6-4-12)19-11-15(18)17(2)13-7-9-16-10-8-13/h3-6,13,16H,7-11H2,1-2H3. The average Bonchev–Trinajstić information content (AvgIpc) is 2.46. The smallest absolute Gasteiger partial charge is 0.232 e.